The number of fused-ring (bicyclic) bond motifs is 1. The summed E-state index contributed by atoms with van der Waals surface area (Å²) in [6, 6.07) is 10.5. The molecule has 0 aliphatic heterocycles. The van der Waals surface area contributed by atoms with Crippen molar-refractivity contribution in [1.82, 2.24) is 4.98 Å². The lowest BCUT2D eigenvalue weighted by Crippen LogP contribution is -2.12. The van der Waals surface area contributed by atoms with Crippen LogP contribution in [0.15, 0.2) is 40.9 Å². The molecule has 21 heavy (non-hydrogen) atoms. The van der Waals surface area contributed by atoms with Gasteiger partial charge in [0.25, 0.3) is 5.91 Å². The Morgan fingerprint density at radius 1 is 1.19 bits per heavy atom. The average molecular weight is 402 g/mol. The standard InChI is InChI=1S/C14H7BrCl2N2OS/c15-7-1-4-11-12(5-7)21-14(18-11)19-13(20)9-6-8(16)2-3-10(9)17/h1-6H,(H,18,19,20). The van der Waals surface area contributed by atoms with Crippen LogP contribution in [-0.4, -0.2) is 10.9 Å². The molecule has 0 unspecified atom stereocenters. The number of anilines is 1. The van der Waals surface area contributed by atoms with Crippen molar-refractivity contribution in [3.8, 4) is 0 Å². The van der Waals surface area contributed by atoms with Crippen LogP contribution in [0.5, 0.6) is 0 Å². The minimum absolute atomic E-state index is 0.324. The fraction of sp³-hybridized carbons (Fsp3) is 0. The van der Waals surface area contributed by atoms with E-state index in [1.54, 1.807) is 12.1 Å². The second kappa shape index (κ2) is 5.93. The fourth-order valence-corrected chi connectivity index (χ4v) is 3.58. The van der Waals surface area contributed by atoms with Gasteiger partial charge in [-0.05, 0) is 36.4 Å². The van der Waals surface area contributed by atoms with Gasteiger partial charge in [-0.1, -0.05) is 50.5 Å². The number of amides is 1. The lowest BCUT2D eigenvalue weighted by atomic mass is 10.2. The van der Waals surface area contributed by atoms with Crippen molar-refractivity contribution in [2.75, 3.05) is 5.32 Å². The molecule has 1 N–H and O–H groups in total. The molecule has 3 aromatic rings. The Labute approximate surface area is 143 Å². The van der Waals surface area contributed by atoms with Crippen LogP contribution >= 0.6 is 50.5 Å². The molecule has 0 bridgehead atoms. The van der Waals surface area contributed by atoms with E-state index in [0.717, 1.165) is 14.7 Å². The highest BCUT2D eigenvalue weighted by molar-refractivity contribution is 9.10. The molecular formula is C14H7BrCl2N2OS. The van der Waals surface area contributed by atoms with E-state index < -0.39 is 0 Å². The van der Waals surface area contributed by atoms with Crippen LogP contribution in [0.2, 0.25) is 10.0 Å². The van der Waals surface area contributed by atoms with Crippen molar-refractivity contribution in [2.45, 2.75) is 0 Å². The Morgan fingerprint density at radius 2 is 2.00 bits per heavy atom. The molecule has 1 aromatic heterocycles. The van der Waals surface area contributed by atoms with Gasteiger partial charge in [0.05, 0.1) is 20.8 Å². The Morgan fingerprint density at radius 3 is 2.81 bits per heavy atom. The molecule has 0 saturated heterocycles. The predicted molar refractivity (Wildman–Crippen MR) is 91.7 cm³/mol. The summed E-state index contributed by atoms with van der Waals surface area (Å²) in [6.07, 6.45) is 0. The number of aromatic nitrogens is 1. The van der Waals surface area contributed by atoms with E-state index in [9.17, 15) is 4.79 Å². The zero-order valence-corrected chi connectivity index (χ0v) is 14.3. The van der Waals surface area contributed by atoms with Crippen LogP contribution in [0.4, 0.5) is 5.13 Å². The third-order valence-corrected chi connectivity index (χ3v) is 4.74. The Hall–Kier alpha value is -1.14. The third kappa shape index (κ3) is 3.21. The highest BCUT2D eigenvalue weighted by Crippen LogP contribution is 2.29. The number of rotatable bonds is 2. The van der Waals surface area contributed by atoms with E-state index >= 15 is 0 Å². The van der Waals surface area contributed by atoms with Crippen molar-refractivity contribution in [1.29, 1.82) is 0 Å². The summed E-state index contributed by atoms with van der Waals surface area (Å²) in [6.45, 7) is 0. The lowest BCUT2D eigenvalue weighted by molar-refractivity contribution is 0.102. The summed E-state index contributed by atoms with van der Waals surface area (Å²) in [4.78, 5) is 16.6. The second-order valence-electron chi connectivity index (χ2n) is 4.21. The second-order valence-corrected chi connectivity index (χ2v) is 7.00. The SMILES string of the molecule is O=C(Nc1nc2ccc(Br)cc2s1)c1cc(Cl)ccc1Cl. The maximum absolute atomic E-state index is 12.2. The van der Waals surface area contributed by atoms with Gasteiger partial charge in [-0.2, -0.15) is 0 Å². The number of nitrogens with zero attached hydrogens (tertiary/aromatic N) is 1. The normalized spacial score (nSPS) is 10.8. The van der Waals surface area contributed by atoms with Crippen molar-refractivity contribution in [2.24, 2.45) is 0 Å². The topological polar surface area (TPSA) is 42.0 Å². The van der Waals surface area contributed by atoms with E-state index in [-0.39, 0.29) is 5.91 Å². The number of hydrogen-bond acceptors (Lipinski definition) is 3. The largest absolute Gasteiger partial charge is 0.298 e. The summed E-state index contributed by atoms with van der Waals surface area (Å²) in [5.41, 5.74) is 1.15. The van der Waals surface area contributed by atoms with Gasteiger partial charge in [0.2, 0.25) is 0 Å². The molecule has 0 spiro atoms. The molecular weight excluding hydrogens is 395 g/mol. The van der Waals surface area contributed by atoms with Gasteiger partial charge in [0.1, 0.15) is 0 Å². The van der Waals surface area contributed by atoms with Crippen molar-refractivity contribution >= 4 is 71.7 Å². The number of thiazole rings is 1. The quantitative estimate of drug-likeness (QED) is 0.605. The summed E-state index contributed by atoms with van der Waals surface area (Å²) in [5.74, 6) is -0.333. The third-order valence-electron chi connectivity index (χ3n) is 2.74. The van der Waals surface area contributed by atoms with Gasteiger partial charge in [-0.3, -0.25) is 10.1 Å². The molecule has 106 valence electrons. The Bertz CT molecular complexity index is 850. The zero-order valence-electron chi connectivity index (χ0n) is 10.4. The molecule has 0 fully saturated rings. The molecule has 1 heterocycles. The van der Waals surface area contributed by atoms with Gasteiger partial charge in [0, 0.05) is 9.50 Å². The van der Waals surface area contributed by atoms with E-state index in [1.807, 2.05) is 18.2 Å². The first-order valence-electron chi connectivity index (χ1n) is 5.85. The van der Waals surface area contributed by atoms with Gasteiger partial charge in [0.15, 0.2) is 5.13 Å². The molecule has 0 aliphatic carbocycles. The highest BCUT2D eigenvalue weighted by Gasteiger charge is 2.13. The summed E-state index contributed by atoms with van der Waals surface area (Å²) >= 11 is 16.7. The lowest BCUT2D eigenvalue weighted by Gasteiger charge is -2.04. The van der Waals surface area contributed by atoms with Crippen LogP contribution in [0, 0.1) is 0 Å². The number of hydrogen-bond donors (Lipinski definition) is 1. The van der Waals surface area contributed by atoms with Crippen LogP contribution in [0.25, 0.3) is 10.2 Å². The molecule has 3 rings (SSSR count). The van der Waals surface area contributed by atoms with Crippen LogP contribution in [-0.2, 0) is 0 Å². The van der Waals surface area contributed by atoms with Gasteiger partial charge in [-0.15, -0.1) is 0 Å². The van der Waals surface area contributed by atoms with E-state index in [2.05, 4.69) is 26.2 Å². The number of carbonyl (C=O) groups excluding carboxylic acids is 1. The molecule has 0 aliphatic rings. The number of nitrogens with one attached hydrogen (secondary N) is 1. The van der Waals surface area contributed by atoms with Crippen molar-refractivity contribution in [3.63, 3.8) is 0 Å². The fourth-order valence-electron chi connectivity index (χ4n) is 1.79. The Balaban J connectivity index is 1.90. The predicted octanol–water partition coefficient (Wildman–Crippen LogP) is 5.62. The van der Waals surface area contributed by atoms with E-state index in [0.29, 0.717) is 20.7 Å². The smallest absolute Gasteiger partial charge is 0.259 e. The van der Waals surface area contributed by atoms with Crippen molar-refractivity contribution in [3.05, 3.63) is 56.5 Å². The molecule has 2 aromatic carbocycles. The van der Waals surface area contributed by atoms with Crippen molar-refractivity contribution < 1.29 is 4.79 Å². The summed E-state index contributed by atoms with van der Waals surface area (Å²) in [7, 11) is 0. The maximum atomic E-state index is 12.2. The minimum atomic E-state index is -0.333. The number of carbonyl (C=O) groups is 1. The van der Waals surface area contributed by atoms with Crippen LogP contribution in [0.3, 0.4) is 0 Å². The minimum Gasteiger partial charge on any atom is -0.298 e. The van der Waals surface area contributed by atoms with Crippen LogP contribution in [0.1, 0.15) is 10.4 Å². The van der Waals surface area contributed by atoms with Gasteiger partial charge >= 0.3 is 0 Å². The molecule has 1 amide bonds. The molecule has 0 saturated carbocycles. The first kappa shape index (κ1) is 14.8. The number of halogens is 3. The first-order chi connectivity index (χ1) is 10.0. The first-order valence-corrected chi connectivity index (χ1v) is 8.22. The Kier molecular flexibility index (Phi) is 4.17. The molecule has 0 radical (unpaired) electrons. The molecule has 7 heteroatoms. The summed E-state index contributed by atoms with van der Waals surface area (Å²) in [5, 5.41) is 4.07. The maximum Gasteiger partial charge on any atom is 0.259 e. The van der Waals surface area contributed by atoms with E-state index in [1.165, 1.54) is 17.4 Å². The highest BCUT2D eigenvalue weighted by atomic mass is 79.9. The monoisotopic (exact) mass is 400 g/mol. The zero-order chi connectivity index (χ0) is 15.0. The average Bonchev–Trinajstić information content (AvgIpc) is 2.82. The number of benzene rings is 2. The molecule has 0 atom stereocenters. The summed E-state index contributed by atoms with van der Waals surface area (Å²) < 4.78 is 1.95. The van der Waals surface area contributed by atoms with Gasteiger partial charge < -0.3 is 0 Å². The van der Waals surface area contributed by atoms with Crippen LogP contribution < -0.4 is 5.32 Å². The van der Waals surface area contributed by atoms with Gasteiger partial charge in [-0.25, -0.2) is 4.98 Å². The molecule has 3 nitrogen and oxygen atoms in total. The van der Waals surface area contributed by atoms with E-state index in [4.69, 9.17) is 23.2 Å².